The van der Waals surface area contributed by atoms with Crippen molar-refractivity contribution in [2.45, 2.75) is 26.2 Å². The summed E-state index contributed by atoms with van der Waals surface area (Å²) >= 11 is 1.71. The van der Waals surface area contributed by atoms with Crippen LogP contribution in [0.1, 0.15) is 10.8 Å². The van der Waals surface area contributed by atoms with Crippen molar-refractivity contribution in [2.75, 3.05) is 6.54 Å². The summed E-state index contributed by atoms with van der Waals surface area (Å²) in [6.07, 6.45) is 9.19. The Balaban J connectivity index is 1.54. The van der Waals surface area contributed by atoms with Crippen molar-refractivity contribution >= 4 is 11.3 Å². The van der Waals surface area contributed by atoms with Crippen LogP contribution in [0.5, 0.6) is 0 Å². The zero-order valence-electron chi connectivity index (χ0n) is 12.1. The average Bonchev–Trinajstić information content (AvgIpc) is 3.22. The van der Waals surface area contributed by atoms with Gasteiger partial charge in [-0.05, 0) is 0 Å². The molecule has 0 radical (unpaired) electrons. The highest BCUT2D eigenvalue weighted by Crippen LogP contribution is 2.19. The predicted octanol–water partition coefficient (Wildman–Crippen LogP) is 1.26. The number of hydrogen-bond donors (Lipinski definition) is 0. The van der Waals surface area contributed by atoms with Gasteiger partial charge in [-0.1, -0.05) is 0 Å². The van der Waals surface area contributed by atoms with Gasteiger partial charge in [-0.15, -0.1) is 11.3 Å². The van der Waals surface area contributed by atoms with Crippen molar-refractivity contribution in [3.63, 3.8) is 0 Å². The minimum Gasteiger partial charge on any atom is -0.333 e. The van der Waals surface area contributed by atoms with Crippen LogP contribution in [-0.2, 0) is 26.2 Å². The second-order valence-electron chi connectivity index (χ2n) is 5.57. The van der Waals surface area contributed by atoms with Crippen molar-refractivity contribution in [3.05, 3.63) is 47.5 Å². The Morgan fingerprint density at radius 2 is 2.23 bits per heavy atom. The first kappa shape index (κ1) is 13.6. The molecule has 7 nitrogen and oxygen atoms in total. The topological polar surface area (TPSA) is 64.7 Å². The van der Waals surface area contributed by atoms with Crippen LogP contribution in [0, 0.1) is 5.92 Å². The van der Waals surface area contributed by atoms with Crippen LogP contribution in [0.2, 0.25) is 0 Å². The monoisotopic (exact) mass is 315 g/mol. The Labute approximate surface area is 132 Å². The number of imidazole rings is 1. The highest BCUT2D eigenvalue weighted by Gasteiger charge is 2.23. The molecule has 0 saturated carbocycles. The summed E-state index contributed by atoms with van der Waals surface area (Å²) in [6, 6.07) is 0. The highest BCUT2D eigenvalue weighted by molar-refractivity contribution is 7.09. The summed E-state index contributed by atoms with van der Waals surface area (Å²) in [5.41, 5.74) is 0. The standard InChI is InChI=1S/C14H17N7S/c1-3-20-6-12(7-21-11-15-10-18-21)5-19(8-13(20)16-1)9-14-17-2-4-22-14/h1-4,10-12H,5-9H2. The molecule has 0 bridgehead atoms. The minimum absolute atomic E-state index is 0.470. The van der Waals surface area contributed by atoms with Crippen LogP contribution >= 0.6 is 11.3 Å². The van der Waals surface area contributed by atoms with Crippen molar-refractivity contribution in [1.29, 1.82) is 0 Å². The van der Waals surface area contributed by atoms with Crippen LogP contribution in [0.3, 0.4) is 0 Å². The van der Waals surface area contributed by atoms with E-state index in [2.05, 4.69) is 35.7 Å². The molecule has 4 rings (SSSR count). The van der Waals surface area contributed by atoms with Gasteiger partial charge in [0, 0.05) is 49.5 Å². The predicted molar refractivity (Wildman–Crippen MR) is 82.0 cm³/mol. The normalized spacial score (nSPS) is 19.0. The van der Waals surface area contributed by atoms with E-state index in [0.29, 0.717) is 5.92 Å². The van der Waals surface area contributed by atoms with Crippen LogP contribution in [0.4, 0.5) is 0 Å². The molecule has 0 N–H and O–H groups in total. The summed E-state index contributed by atoms with van der Waals surface area (Å²) in [7, 11) is 0. The molecule has 0 aliphatic carbocycles. The number of aromatic nitrogens is 6. The summed E-state index contributed by atoms with van der Waals surface area (Å²) in [5, 5.41) is 7.42. The third-order valence-electron chi connectivity index (χ3n) is 3.89. The maximum absolute atomic E-state index is 4.50. The van der Waals surface area contributed by atoms with Crippen molar-refractivity contribution in [2.24, 2.45) is 5.92 Å². The fourth-order valence-electron chi connectivity index (χ4n) is 2.97. The molecule has 1 unspecified atom stereocenters. The van der Waals surface area contributed by atoms with E-state index < -0.39 is 0 Å². The summed E-state index contributed by atoms with van der Waals surface area (Å²) in [4.78, 5) is 15.4. The summed E-state index contributed by atoms with van der Waals surface area (Å²) in [5.74, 6) is 1.59. The SMILES string of the molecule is c1csc(CN2Cc3nccn3CC(Cn3cncn3)C2)n1. The van der Waals surface area contributed by atoms with Gasteiger partial charge in [0.1, 0.15) is 23.5 Å². The molecule has 22 heavy (non-hydrogen) atoms. The Morgan fingerprint density at radius 1 is 1.23 bits per heavy atom. The molecule has 0 fully saturated rings. The average molecular weight is 315 g/mol. The van der Waals surface area contributed by atoms with Crippen molar-refractivity contribution in [1.82, 2.24) is 34.2 Å². The van der Waals surface area contributed by atoms with Crippen molar-refractivity contribution in [3.8, 4) is 0 Å². The first-order valence-corrected chi connectivity index (χ1v) is 8.18. The number of thiazole rings is 1. The largest absolute Gasteiger partial charge is 0.333 e. The number of hydrogen-bond acceptors (Lipinski definition) is 6. The quantitative estimate of drug-likeness (QED) is 0.725. The minimum atomic E-state index is 0.470. The molecule has 0 amide bonds. The number of rotatable bonds is 4. The van der Waals surface area contributed by atoms with E-state index in [4.69, 9.17) is 0 Å². The summed E-state index contributed by atoms with van der Waals surface area (Å²) in [6.45, 7) is 4.57. The van der Waals surface area contributed by atoms with E-state index in [9.17, 15) is 0 Å². The molecule has 1 aliphatic rings. The van der Waals surface area contributed by atoms with Gasteiger partial charge in [0.25, 0.3) is 0 Å². The van der Waals surface area contributed by atoms with E-state index in [1.807, 2.05) is 22.5 Å². The van der Waals surface area contributed by atoms with Gasteiger partial charge in [0.2, 0.25) is 0 Å². The van der Waals surface area contributed by atoms with Crippen LogP contribution < -0.4 is 0 Å². The van der Waals surface area contributed by atoms with Crippen LogP contribution in [-0.4, -0.2) is 40.7 Å². The van der Waals surface area contributed by atoms with Gasteiger partial charge in [-0.3, -0.25) is 9.58 Å². The molecular formula is C14H17N7S. The van der Waals surface area contributed by atoms with E-state index >= 15 is 0 Å². The first-order valence-electron chi connectivity index (χ1n) is 7.30. The molecule has 1 atom stereocenters. The van der Waals surface area contributed by atoms with Gasteiger partial charge in [0.15, 0.2) is 0 Å². The smallest absolute Gasteiger partial charge is 0.137 e. The molecule has 3 aromatic heterocycles. The second-order valence-corrected chi connectivity index (χ2v) is 6.55. The van der Waals surface area contributed by atoms with E-state index in [-0.39, 0.29) is 0 Å². The van der Waals surface area contributed by atoms with Crippen LogP contribution in [0.15, 0.2) is 36.6 Å². The lowest BCUT2D eigenvalue weighted by molar-refractivity contribution is 0.205. The van der Waals surface area contributed by atoms with E-state index in [1.165, 1.54) is 0 Å². The van der Waals surface area contributed by atoms with Crippen LogP contribution in [0.25, 0.3) is 0 Å². The molecule has 0 aromatic carbocycles. The zero-order chi connectivity index (χ0) is 14.8. The van der Waals surface area contributed by atoms with Gasteiger partial charge in [0.05, 0.1) is 13.1 Å². The van der Waals surface area contributed by atoms with Gasteiger partial charge >= 0.3 is 0 Å². The molecule has 4 heterocycles. The summed E-state index contributed by atoms with van der Waals surface area (Å²) < 4.78 is 4.16. The lowest BCUT2D eigenvalue weighted by Gasteiger charge is -2.22. The lowest BCUT2D eigenvalue weighted by atomic mass is 10.1. The fraction of sp³-hybridized carbons (Fsp3) is 0.429. The fourth-order valence-corrected chi connectivity index (χ4v) is 3.63. The zero-order valence-corrected chi connectivity index (χ0v) is 12.9. The third kappa shape index (κ3) is 2.93. The molecule has 0 saturated heterocycles. The molecule has 114 valence electrons. The maximum Gasteiger partial charge on any atom is 0.137 e. The highest BCUT2D eigenvalue weighted by atomic mass is 32.1. The Morgan fingerprint density at radius 3 is 3.05 bits per heavy atom. The molecule has 0 spiro atoms. The number of nitrogens with zero attached hydrogens (tertiary/aromatic N) is 7. The van der Waals surface area contributed by atoms with Gasteiger partial charge in [-0.25, -0.2) is 15.0 Å². The Kier molecular flexibility index (Phi) is 3.69. The van der Waals surface area contributed by atoms with E-state index in [1.54, 1.807) is 24.0 Å². The lowest BCUT2D eigenvalue weighted by Crippen LogP contribution is -2.30. The number of fused-ring (bicyclic) bond motifs is 1. The Hall–Kier alpha value is -2.06. The third-order valence-corrected chi connectivity index (χ3v) is 4.66. The maximum atomic E-state index is 4.50. The molecule has 1 aliphatic heterocycles. The second kappa shape index (κ2) is 5.98. The van der Waals surface area contributed by atoms with Crippen molar-refractivity contribution < 1.29 is 0 Å². The molecule has 8 heteroatoms. The van der Waals surface area contributed by atoms with Gasteiger partial charge in [-0.2, -0.15) is 5.10 Å². The Bertz CT molecular complexity index is 645. The first-order chi connectivity index (χ1) is 10.9. The molecular weight excluding hydrogens is 298 g/mol. The molecule has 3 aromatic rings. The van der Waals surface area contributed by atoms with Gasteiger partial charge < -0.3 is 4.57 Å². The van der Waals surface area contributed by atoms with E-state index in [0.717, 1.165) is 43.6 Å².